The number of nitrogens with zero attached hydrogens (tertiary/aromatic N) is 3. The van der Waals surface area contributed by atoms with E-state index in [-0.39, 0.29) is 12.0 Å². The second kappa shape index (κ2) is 6.85. The zero-order valence-corrected chi connectivity index (χ0v) is 11.2. The number of carbonyl (C=O) groups is 1. The summed E-state index contributed by atoms with van der Waals surface area (Å²) in [5.41, 5.74) is 0. The van der Waals surface area contributed by atoms with Crippen LogP contribution in [-0.4, -0.2) is 53.5 Å². The number of hydrogen-bond acceptors (Lipinski definition) is 6. The number of alkyl halides is 2. The van der Waals surface area contributed by atoms with Gasteiger partial charge in [0.15, 0.2) is 0 Å². The quantitative estimate of drug-likeness (QED) is 0.784. The van der Waals surface area contributed by atoms with E-state index in [9.17, 15) is 13.6 Å². The summed E-state index contributed by atoms with van der Waals surface area (Å²) in [6.45, 7) is 5.08. The molecule has 8 heteroatoms. The van der Waals surface area contributed by atoms with Crippen LogP contribution in [0.25, 0.3) is 0 Å². The molecule has 1 aromatic heterocycles. The van der Waals surface area contributed by atoms with Crippen LogP contribution in [0.1, 0.15) is 31.2 Å². The molecule has 112 valence electrons. The first-order valence-electron chi connectivity index (χ1n) is 6.57. The van der Waals surface area contributed by atoms with E-state index < -0.39 is 18.6 Å². The van der Waals surface area contributed by atoms with E-state index in [0.717, 1.165) is 19.5 Å². The van der Waals surface area contributed by atoms with Crippen LogP contribution in [0, 0.1) is 0 Å². The van der Waals surface area contributed by atoms with Gasteiger partial charge in [0, 0.05) is 13.1 Å². The van der Waals surface area contributed by atoms with Crippen LogP contribution >= 0.6 is 0 Å². The number of hydrogen-bond donors (Lipinski definition) is 0. The van der Waals surface area contributed by atoms with Gasteiger partial charge in [0.1, 0.15) is 6.10 Å². The van der Waals surface area contributed by atoms with Crippen molar-refractivity contribution >= 4 is 5.78 Å². The monoisotopic (exact) mass is 289 g/mol. The summed E-state index contributed by atoms with van der Waals surface area (Å²) in [5.74, 6) is -1.01. The Bertz CT molecular complexity index is 451. The van der Waals surface area contributed by atoms with E-state index in [1.165, 1.54) is 0 Å². The highest BCUT2D eigenvalue weighted by atomic mass is 19.3. The molecule has 1 aliphatic rings. The van der Waals surface area contributed by atoms with Crippen molar-refractivity contribution in [2.24, 2.45) is 0 Å². The average Bonchev–Trinajstić information content (AvgIpc) is 2.88. The molecule has 0 bridgehead atoms. The number of carbonyl (C=O) groups excluding carboxylic acids is 1. The van der Waals surface area contributed by atoms with Gasteiger partial charge in [0.2, 0.25) is 17.5 Å². The van der Waals surface area contributed by atoms with Gasteiger partial charge in [-0.3, -0.25) is 9.69 Å². The highest BCUT2D eigenvalue weighted by molar-refractivity contribution is 5.82. The molecule has 1 unspecified atom stereocenters. The second-order valence-electron chi connectivity index (χ2n) is 4.65. The summed E-state index contributed by atoms with van der Waals surface area (Å²) < 4.78 is 34.6. The zero-order valence-electron chi connectivity index (χ0n) is 11.2. The standard InChI is InChI=1S/C12H17F2N3O3/c1-2-3-17-4-5-19-9(7-17)12-15-10(20-16-12)6-8(18)11(13)14/h9,11H,2-7H2,1H3. The molecule has 2 heterocycles. The lowest BCUT2D eigenvalue weighted by atomic mass is 10.2. The van der Waals surface area contributed by atoms with Crippen LogP contribution in [0.5, 0.6) is 0 Å². The van der Waals surface area contributed by atoms with Gasteiger partial charge in [0.25, 0.3) is 6.43 Å². The molecule has 1 fully saturated rings. The summed E-state index contributed by atoms with van der Waals surface area (Å²) in [6.07, 6.45) is -2.87. The number of morpholine rings is 1. The smallest absolute Gasteiger partial charge is 0.296 e. The number of halogens is 2. The van der Waals surface area contributed by atoms with Crippen LogP contribution in [0.2, 0.25) is 0 Å². The normalized spacial score (nSPS) is 20.5. The third-order valence-corrected chi connectivity index (χ3v) is 3.03. The Morgan fingerprint density at radius 3 is 3.05 bits per heavy atom. The van der Waals surface area contributed by atoms with Crippen LogP contribution < -0.4 is 0 Å². The molecule has 0 saturated carbocycles. The molecule has 0 amide bonds. The maximum Gasteiger partial charge on any atom is 0.296 e. The van der Waals surface area contributed by atoms with Gasteiger partial charge in [0.05, 0.1) is 13.0 Å². The van der Waals surface area contributed by atoms with E-state index >= 15 is 0 Å². The Kier molecular flexibility index (Phi) is 5.13. The first kappa shape index (κ1) is 15.0. The van der Waals surface area contributed by atoms with Gasteiger partial charge in [-0.15, -0.1) is 0 Å². The SMILES string of the molecule is CCCN1CCOC(c2noc(CC(=O)C(F)F)n2)C1. The molecule has 0 radical (unpaired) electrons. The molecule has 1 atom stereocenters. The molecule has 0 N–H and O–H groups in total. The van der Waals surface area contributed by atoms with Crippen molar-refractivity contribution in [2.75, 3.05) is 26.2 Å². The van der Waals surface area contributed by atoms with Crippen LogP contribution in [0.4, 0.5) is 8.78 Å². The van der Waals surface area contributed by atoms with E-state index in [1.54, 1.807) is 0 Å². The highest BCUT2D eigenvalue weighted by Crippen LogP contribution is 2.20. The summed E-state index contributed by atoms with van der Waals surface area (Å²) in [7, 11) is 0. The number of ketones is 1. The maximum absolute atomic E-state index is 12.1. The third-order valence-electron chi connectivity index (χ3n) is 3.03. The van der Waals surface area contributed by atoms with Crippen LogP contribution in [0.15, 0.2) is 4.52 Å². The fourth-order valence-electron chi connectivity index (χ4n) is 2.07. The maximum atomic E-state index is 12.1. The van der Waals surface area contributed by atoms with Crippen molar-refractivity contribution in [3.8, 4) is 0 Å². The predicted octanol–water partition coefficient (Wildman–Crippen LogP) is 1.23. The Labute approximate surface area is 115 Å². The van der Waals surface area contributed by atoms with Gasteiger partial charge < -0.3 is 9.26 Å². The molecular formula is C12H17F2N3O3. The molecule has 1 aromatic rings. The molecule has 1 aliphatic heterocycles. The molecule has 0 aliphatic carbocycles. The largest absolute Gasteiger partial charge is 0.367 e. The second-order valence-corrected chi connectivity index (χ2v) is 4.65. The van der Waals surface area contributed by atoms with Gasteiger partial charge in [-0.2, -0.15) is 4.98 Å². The minimum atomic E-state index is -3.02. The molecule has 0 aromatic carbocycles. The summed E-state index contributed by atoms with van der Waals surface area (Å²) in [6, 6.07) is 0. The van der Waals surface area contributed by atoms with E-state index in [1.807, 2.05) is 0 Å². The van der Waals surface area contributed by atoms with Gasteiger partial charge in [-0.05, 0) is 13.0 Å². The van der Waals surface area contributed by atoms with E-state index in [2.05, 4.69) is 22.0 Å². The molecule has 6 nitrogen and oxygen atoms in total. The van der Waals surface area contributed by atoms with Crippen LogP contribution in [-0.2, 0) is 16.0 Å². The molecule has 1 saturated heterocycles. The van der Waals surface area contributed by atoms with E-state index in [0.29, 0.717) is 19.0 Å². The Morgan fingerprint density at radius 1 is 1.55 bits per heavy atom. The van der Waals surface area contributed by atoms with Crippen molar-refractivity contribution in [3.63, 3.8) is 0 Å². The lowest BCUT2D eigenvalue weighted by Crippen LogP contribution is -2.39. The fourth-order valence-corrected chi connectivity index (χ4v) is 2.07. The summed E-state index contributed by atoms with van der Waals surface area (Å²) in [4.78, 5) is 17.1. The van der Waals surface area contributed by atoms with Crippen LogP contribution in [0.3, 0.4) is 0 Å². The fraction of sp³-hybridized carbons (Fsp3) is 0.750. The van der Waals surface area contributed by atoms with E-state index in [4.69, 9.17) is 9.26 Å². The molecule has 0 spiro atoms. The molecule has 20 heavy (non-hydrogen) atoms. The van der Waals surface area contributed by atoms with Crippen molar-refractivity contribution in [1.29, 1.82) is 0 Å². The molecular weight excluding hydrogens is 272 g/mol. The van der Waals surface area contributed by atoms with Crippen molar-refractivity contribution < 1.29 is 22.8 Å². The lowest BCUT2D eigenvalue weighted by molar-refractivity contribution is -0.129. The Balaban J connectivity index is 1.96. The van der Waals surface area contributed by atoms with Gasteiger partial charge in [-0.1, -0.05) is 12.1 Å². The average molecular weight is 289 g/mol. The number of ether oxygens (including phenoxy) is 1. The Hall–Kier alpha value is -1.41. The number of rotatable bonds is 6. The van der Waals surface area contributed by atoms with Crippen molar-refractivity contribution in [1.82, 2.24) is 15.0 Å². The first-order chi connectivity index (χ1) is 9.60. The minimum absolute atomic E-state index is 0.0958. The highest BCUT2D eigenvalue weighted by Gasteiger charge is 2.27. The summed E-state index contributed by atoms with van der Waals surface area (Å²) >= 11 is 0. The summed E-state index contributed by atoms with van der Waals surface area (Å²) in [5, 5.41) is 3.71. The third kappa shape index (κ3) is 3.80. The number of aromatic nitrogens is 2. The topological polar surface area (TPSA) is 68.5 Å². The van der Waals surface area contributed by atoms with Gasteiger partial charge in [-0.25, -0.2) is 8.78 Å². The first-order valence-corrected chi connectivity index (χ1v) is 6.57. The Morgan fingerprint density at radius 2 is 2.35 bits per heavy atom. The number of Topliss-reactive ketones (excluding diaryl/α,β-unsaturated/α-hetero) is 1. The molecule has 2 rings (SSSR count). The predicted molar refractivity (Wildman–Crippen MR) is 64.4 cm³/mol. The van der Waals surface area contributed by atoms with Crippen molar-refractivity contribution in [2.45, 2.75) is 32.3 Å². The zero-order chi connectivity index (χ0) is 14.5. The van der Waals surface area contributed by atoms with Crippen molar-refractivity contribution in [3.05, 3.63) is 11.7 Å². The minimum Gasteiger partial charge on any atom is -0.367 e. The van der Waals surface area contributed by atoms with Gasteiger partial charge >= 0.3 is 0 Å². The lowest BCUT2D eigenvalue weighted by Gasteiger charge is -2.30.